The quantitative estimate of drug-likeness (QED) is 0.0918. The maximum absolute atomic E-state index is 5.60. The van der Waals surface area contributed by atoms with Crippen molar-refractivity contribution in [3.05, 3.63) is 76.9 Å². The standard InChI is InChI=1S/C32H46S/c1-3-5-6-7-8-9-10-11-12-13-14-16-20-28-23-24-29(31(27-28)19-4-2)25-26-32(33)30-21-17-15-18-22-30/h15,17-18,21-27H,3-14,16,19-20H2,1-2H3. The lowest BCUT2D eigenvalue weighted by molar-refractivity contribution is 0.544. The molecule has 33 heavy (non-hydrogen) atoms. The van der Waals surface area contributed by atoms with Crippen LogP contribution in [0.4, 0.5) is 0 Å². The zero-order valence-electron chi connectivity index (χ0n) is 21.3. The molecule has 0 aliphatic heterocycles. The highest BCUT2D eigenvalue weighted by molar-refractivity contribution is 7.81. The first-order chi connectivity index (χ1) is 16.2. The topological polar surface area (TPSA) is 0 Å². The van der Waals surface area contributed by atoms with Gasteiger partial charge < -0.3 is 0 Å². The Morgan fingerprint density at radius 3 is 1.88 bits per heavy atom. The van der Waals surface area contributed by atoms with Crippen molar-refractivity contribution in [3.63, 3.8) is 0 Å². The van der Waals surface area contributed by atoms with E-state index in [0.29, 0.717) is 0 Å². The molecule has 0 radical (unpaired) electrons. The van der Waals surface area contributed by atoms with E-state index < -0.39 is 0 Å². The molecular formula is C32H46S. The van der Waals surface area contributed by atoms with E-state index in [1.54, 1.807) is 0 Å². The molecule has 2 aromatic rings. The molecule has 0 nitrogen and oxygen atoms in total. The van der Waals surface area contributed by atoms with Gasteiger partial charge in [0, 0.05) is 4.86 Å². The fourth-order valence-electron chi connectivity index (χ4n) is 4.50. The second-order valence-corrected chi connectivity index (χ2v) is 9.93. The Labute approximate surface area is 209 Å². The number of hydrogen-bond donors (Lipinski definition) is 0. The highest BCUT2D eigenvalue weighted by Gasteiger charge is 2.03. The fraction of sp³-hybridized carbons (Fsp3) is 0.531. The molecule has 0 saturated carbocycles. The van der Waals surface area contributed by atoms with Gasteiger partial charge in [0.25, 0.3) is 0 Å². The van der Waals surface area contributed by atoms with E-state index in [1.165, 1.54) is 107 Å². The number of hydrogen-bond acceptors (Lipinski definition) is 1. The normalized spacial score (nSPS) is 11.3. The molecule has 0 aliphatic rings. The predicted molar refractivity (Wildman–Crippen MR) is 152 cm³/mol. The zero-order chi connectivity index (χ0) is 23.6. The van der Waals surface area contributed by atoms with Crippen LogP contribution in [0.2, 0.25) is 0 Å². The van der Waals surface area contributed by atoms with Gasteiger partial charge in [0.2, 0.25) is 0 Å². The molecule has 0 aromatic heterocycles. The van der Waals surface area contributed by atoms with Gasteiger partial charge in [-0.2, -0.15) is 0 Å². The van der Waals surface area contributed by atoms with Gasteiger partial charge in [0.15, 0.2) is 0 Å². The summed E-state index contributed by atoms with van der Waals surface area (Å²) in [6.07, 6.45) is 24.7. The van der Waals surface area contributed by atoms with E-state index in [1.807, 2.05) is 18.2 Å². The maximum atomic E-state index is 5.60. The Balaban J connectivity index is 1.70. The Morgan fingerprint density at radius 2 is 1.27 bits per heavy atom. The van der Waals surface area contributed by atoms with E-state index in [0.717, 1.165) is 16.8 Å². The van der Waals surface area contributed by atoms with Crippen LogP contribution in [-0.4, -0.2) is 4.86 Å². The molecule has 0 aliphatic carbocycles. The molecule has 0 unspecified atom stereocenters. The number of unbranched alkanes of at least 4 members (excludes halogenated alkanes) is 11. The summed E-state index contributed by atoms with van der Waals surface area (Å²) in [5, 5.41) is 0. The van der Waals surface area contributed by atoms with Gasteiger partial charge in [0.05, 0.1) is 0 Å². The number of rotatable bonds is 18. The lowest BCUT2D eigenvalue weighted by Gasteiger charge is -2.09. The van der Waals surface area contributed by atoms with Crippen LogP contribution in [0.25, 0.3) is 6.08 Å². The first-order valence-corrected chi connectivity index (χ1v) is 14.0. The number of benzene rings is 2. The van der Waals surface area contributed by atoms with Crippen molar-refractivity contribution in [2.45, 2.75) is 110 Å². The molecular weight excluding hydrogens is 416 g/mol. The fourth-order valence-corrected chi connectivity index (χ4v) is 4.70. The van der Waals surface area contributed by atoms with Crippen LogP contribution in [0, 0.1) is 0 Å². The van der Waals surface area contributed by atoms with Crippen molar-refractivity contribution in [1.29, 1.82) is 0 Å². The number of thiocarbonyl (C=S) groups is 1. The minimum absolute atomic E-state index is 0.901. The van der Waals surface area contributed by atoms with E-state index >= 15 is 0 Å². The summed E-state index contributed by atoms with van der Waals surface area (Å²) >= 11 is 5.60. The smallest absolute Gasteiger partial charge is 0.0449 e. The van der Waals surface area contributed by atoms with Crippen LogP contribution >= 0.6 is 12.2 Å². The Morgan fingerprint density at radius 1 is 0.667 bits per heavy atom. The third kappa shape index (κ3) is 11.8. The third-order valence-electron chi connectivity index (χ3n) is 6.52. The summed E-state index contributed by atoms with van der Waals surface area (Å²) in [5.74, 6) is 0. The monoisotopic (exact) mass is 462 g/mol. The van der Waals surface area contributed by atoms with Crippen LogP contribution in [-0.2, 0) is 12.8 Å². The van der Waals surface area contributed by atoms with Crippen LogP contribution in [0.15, 0.2) is 54.6 Å². The zero-order valence-corrected chi connectivity index (χ0v) is 22.1. The Kier molecular flexibility index (Phi) is 14.8. The Hall–Kier alpha value is -1.73. The summed E-state index contributed by atoms with van der Waals surface area (Å²) in [6.45, 7) is 4.56. The summed E-state index contributed by atoms with van der Waals surface area (Å²) in [5.41, 5.74) is 5.38. The van der Waals surface area contributed by atoms with Crippen molar-refractivity contribution >= 4 is 23.2 Å². The molecule has 0 atom stereocenters. The average molecular weight is 463 g/mol. The maximum Gasteiger partial charge on any atom is 0.0449 e. The summed E-state index contributed by atoms with van der Waals surface area (Å²) in [4.78, 5) is 0.901. The highest BCUT2D eigenvalue weighted by atomic mass is 32.1. The predicted octanol–water partition coefficient (Wildman–Crippen LogP) is 10.3. The van der Waals surface area contributed by atoms with E-state index in [2.05, 4.69) is 56.3 Å². The Bertz CT molecular complexity index is 803. The first-order valence-electron chi connectivity index (χ1n) is 13.6. The van der Waals surface area contributed by atoms with Crippen molar-refractivity contribution in [3.8, 4) is 0 Å². The number of aryl methyl sites for hydroxylation is 2. The van der Waals surface area contributed by atoms with Gasteiger partial charge in [-0.15, -0.1) is 0 Å². The average Bonchev–Trinajstić information content (AvgIpc) is 2.84. The lowest BCUT2D eigenvalue weighted by atomic mass is 9.96. The van der Waals surface area contributed by atoms with Crippen molar-refractivity contribution < 1.29 is 0 Å². The van der Waals surface area contributed by atoms with Crippen LogP contribution in [0.5, 0.6) is 0 Å². The molecule has 0 heterocycles. The second-order valence-electron chi connectivity index (χ2n) is 9.49. The van der Waals surface area contributed by atoms with E-state index in [-0.39, 0.29) is 0 Å². The van der Waals surface area contributed by atoms with Crippen LogP contribution in [0.3, 0.4) is 0 Å². The summed E-state index contributed by atoms with van der Waals surface area (Å²) in [7, 11) is 0. The molecule has 180 valence electrons. The molecule has 0 bridgehead atoms. The molecule has 0 amide bonds. The number of allylic oxidation sites excluding steroid dienone is 1. The highest BCUT2D eigenvalue weighted by Crippen LogP contribution is 2.19. The summed E-state index contributed by atoms with van der Waals surface area (Å²) in [6, 6.07) is 17.3. The molecule has 0 spiro atoms. The molecule has 0 N–H and O–H groups in total. The van der Waals surface area contributed by atoms with E-state index in [4.69, 9.17) is 12.2 Å². The minimum atomic E-state index is 0.901. The minimum Gasteiger partial charge on any atom is -0.0795 e. The lowest BCUT2D eigenvalue weighted by Crippen LogP contribution is -1.95. The second kappa shape index (κ2) is 17.7. The van der Waals surface area contributed by atoms with Gasteiger partial charge in [-0.25, -0.2) is 0 Å². The largest absolute Gasteiger partial charge is 0.0795 e. The van der Waals surface area contributed by atoms with Crippen LogP contribution in [0.1, 0.15) is 120 Å². The SMILES string of the molecule is CCCCCCCCCCCCCCc1ccc(C=CC(=S)c2ccccc2)c(CCC)c1. The van der Waals surface area contributed by atoms with Gasteiger partial charge in [-0.05, 0) is 47.6 Å². The van der Waals surface area contributed by atoms with Gasteiger partial charge in [0.1, 0.15) is 0 Å². The van der Waals surface area contributed by atoms with Gasteiger partial charge >= 0.3 is 0 Å². The van der Waals surface area contributed by atoms with Gasteiger partial charge in [-0.3, -0.25) is 0 Å². The summed E-state index contributed by atoms with van der Waals surface area (Å²) < 4.78 is 0. The van der Waals surface area contributed by atoms with Crippen molar-refractivity contribution in [2.24, 2.45) is 0 Å². The van der Waals surface area contributed by atoms with Crippen molar-refractivity contribution in [2.75, 3.05) is 0 Å². The first kappa shape index (κ1) is 27.5. The van der Waals surface area contributed by atoms with E-state index in [9.17, 15) is 0 Å². The molecule has 1 heteroatoms. The molecule has 0 fully saturated rings. The molecule has 2 rings (SSSR count). The third-order valence-corrected chi connectivity index (χ3v) is 6.89. The van der Waals surface area contributed by atoms with Crippen molar-refractivity contribution in [1.82, 2.24) is 0 Å². The van der Waals surface area contributed by atoms with Gasteiger partial charge in [-0.1, -0.05) is 158 Å². The van der Waals surface area contributed by atoms with Crippen LogP contribution < -0.4 is 0 Å². The molecule has 2 aromatic carbocycles. The molecule has 0 saturated heterocycles.